The second kappa shape index (κ2) is 5.63. The van der Waals surface area contributed by atoms with Crippen molar-refractivity contribution in [3.8, 4) is 0 Å². The van der Waals surface area contributed by atoms with Crippen molar-refractivity contribution in [3.05, 3.63) is 53.9 Å². The Morgan fingerprint density at radius 3 is 2.25 bits per heavy atom. The van der Waals surface area contributed by atoms with Gasteiger partial charge in [-0.2, -0.15) is 0 Å². The number of aromatic nitrogens is 2. The van der Waals surface area contributed by atoms with Gasteiger partial charge in [0.05, 0.1) is 0 Å². The third-order valence-electron chi connectivity index (χ3n) is 2.17. The first-order chi connectivity index (χ1) is 7.88. The molecule has 1 aromatic heterocycles. The standard InChI is InChI=1S/C12H13N3S/c13-8-10-2-4-11(5-3-10)9-16-12-14-6-1-7-15-12/h1-7H,8-9,13H2. The summed E-state index contributed by atoms with van der Waals surface area (Å²) in [5.41, 5.74) is 7.96. The third kappa shape index (κ3) is 3.05. The predicted molar refractivity (Wildman–Crippen MR) is 65.9 cm³/mol. The van der Waals surface area contributed by atoms with Gasteiger partial charge in [-0.15, -0.1) is 0 Å². The van der Waals surface area contributed by atoms with Crippen LogP contribution < -0.4 is 5.73 Å². The van der Waals surface area contributed by atoms with Gasteiger partial charge in [0.15, 0.2) is 5.16 Å². The van der Waals surface area contributed by atoms with Crippen molar-refractivity contribution in [2.24, 2.45) is 5.73 Å². The van der Waals surface area contributed by atoms with E-state index < -0.39 is 0 Å². The van der Waals surface area contributed by atoms with Crippen molar-refractivity contribution in [1.29, 1.82) is 0 Å². The SMILES string of the molecule is NCc1ccc(CSc2ncccn2)cc1. The molecule has 2 N–H and O–H groups in total. The number of nitrogens with two attached hydrogens (primary N) is 1. The van der Waals surface area contributed by atoms with Crippen molar-refractivity contribution >= 4 is 11.8 Å². The molecule has 2 rings (SSSR count). The Morgan fingerprint density at radius 2 is 1.62 bits per heavy atom. The first kappa shape index (κ1) is 11.1. The summed E-state index contributed by atoms with van der Waals surface area (Å²) in [6.07, 6.45) is 3.51. The number of benzene rings is 1. The van der Waals surface area contributed by atoms with Crippen molar-refractivity contribution in [1.82, 2.24) is 9.97 Å². The molecule has 1 heterocycles. The van der Waals surface area contributed by atoms with Crippen LogP contribution in [0.2, 0.25) is 0 Å². The molecule has 0 spiro atoms. The molecule has 0 amide bonds. The van der Waals surface area contributed by atoms with Crippen LogP contribution >= 0.6 is 11.8 Å². The van der Waals surface area contributed by atoms with E-state index in [1.54, 1.807) is 24.2 Å². The highest BCUT2D eigenvalue weighted by atomic mass is 32.2. The van der Waals surface area contributed by atoms with Gasteiger partial charge in [-0.05, 0) is 17.2 Å². The highest BCUT2D eigenvalue weighted by Crippen LogP contribution is 2.18. The van der Waals surface area contributed by atoms with E-state index in [0.29, 0.717) is 6.54 Å². The molecule has 0 saturated heterocycles. The maximum Gasteiger partial charge on any atom is 0.187 e. The molecule has 0 radical (unpaired) electrons. The van der Waals surface area contributed by atoms with Crippen LogP contribution in [0.3, 0.4) is 0 Å². The largest absolute Gasteiger partial charge is 0.326 e. The minimum absolute atomic E-state index is 0.592. The minimum atomic E-state index is 0.592. The van der Waals surface area contributed by atoms with E-state index in [4.69, 9.17) is 5.73 Å². The lowest BCUT2D eigenvalue weighted by atomic mass is 10.1. The molecule has 4 heteroatoms. The molecule has 0 aliphatic carbocycles. The fourth-order valence-corrected chi connectivity index (χ4v) is 2.04. The Kier molecular flexibility index (Phi) is 3.91. The second-order valence-corrected chi connectivity index (χ2v) is 4.28. The number of rotatable bonds is 4. The summed E-state index contributed by atoms with van der Waals surface area (Å²) in [5, 5.41) is 0.811. The molecule has 2 aromatic rings. The average Bonchev–Trinajstić information content (AvgIpc) is 2.38. The quantitative estimate of drug-likeness (QED) is 0.647. The monoisotopic (exact) mass is 231 g/mol. The van der Waals surface area contributed by atoms with Gasteiger partial charge in [0.2, 0.25) is 0 Å². The predicted octanol–water partition coefficient (Wildman–Crippen LogP) is 2.23. The van der Waals surface area contributed by atoms with Crippen molar-refractivity contribution in [3.63, 3.8) is 0 Å². The average molecular weight is 231 g/mol. The van der Waals surface area contributed by atoms with Crippen LogP contribution in [-0.2, 0) is 12.3 Å². The van der Waals surface area contributed by atoms with Crippen LogP contribution in [-0.4, -0.2) is 9.97 Å². The fourth-order valence-electron chi connectivity index (χ4n) is 1.28. The number of hydrogen-bond acceptors (Lipinski definition) is 4. The molecular weight excluding hydrogens is 218 g/mol. The molecule has 0 fully saturated rings. The Labute approximate surface area is 99.1 Å². The molecule has 82 valence electrons. The molecule has 0 bridgehead atoms. The van der Waals surface area contributed by atoms with Crippen molar-refractivity contribution in [2.75, 3.05) is 0 Å². The van der Waals surface area contributed by atoms with Crippen LogP contribution in [0, 0.1) is 0 Å². The highest BCUT2D eigenvalue weighted by Gasteiger charge is 1.98. The summed E-state index contributed by atoms with van der Waals surface area (Å²) in [7, 11) is 0. The van der Waals surface area contributed by atoms with Crippen molar-refractivity contribution in [2.45, 2.75) is 17.5 Å². The fraction of sp³-hybridized carbons (Fsp3) is 0.167. The molecule has 0 unspecified atom stereocenters. The van der Waals surface area contributed by atoms with E-state index in [1.165, 1.54) is 5.56 Å². The van der Waals surface area contributed by atoms with E-state index in [2.05, 4.69) is 34.2 Å². The zero-order chi connectivity index (χ0) is 11.2. The smallest absolute Gasteiger partial charge is 0.187 e. The van der Waals surface area contributed by atoms with E-state index in [1.807, 2.05) is 6.07 Å². The Balaban J connectivity index is 1.94. The Bertz CT molecular complexity index is 428. The molecule has 0 saturated carbocycles. The van der Waals surface area contributed by atoms with Gasteiger partial charge in [0.1, 0.15) is 0 Å². The van der Waals surface area contributed by atoms with Gasteiger partial charge in [0.25, 0.3) is 0 Å². The summed E-state index contributed by atoms with van der Waals surface area (Å²) >= 11 is 1.63. The summed E-state index contributed by atoms with van der Waals surface area (Å²) < 4.78 is 0. The number of thioether (sulfide) groups is 1. The molecule has 0 aliphatic rings. The summed E-state index contributed by atoms with van der Waals surface area (Å²) in [4.78, 5) is 8.32. The molecule has 1 aromatic carbocycles. The third-order valence-corrected chi connectivity index (χ3v) is 3.12. The maximum absolute atomic E-state index is 5.54. The number of nitrogens with zero attached hydrogens (tertiary/aromatic N) is 2. The van der Waals surface area contributed by atoms with Crippen molar-refractivity contribution < 1.29 is 0 Å². The minimum Gasteiger partial charge on any atom is -0.326 e. The topological polar surface area (TPSA) is 51.8 Å². The van der Waals surface area contributed by atoms with Crippen LogP contribution in [0.5, 0.6) is 0 Å². The lowest BCUT2D eigenvalue weighted by Gasteiger charge is -2.01. The maximum atomic E-state index is 5.54. The zero-order valence-electron chi connectivity index (χ0n) is 8.84. The van der Waals surface area contributed by atoms with Crippen LogP contribution in [0.1, 0.15) is 11.1 Å². The van der Waals surface area contributed by atoms with Crippen LogP contribution in [0.4, 0.5) is 0 Å². The van der Waals surface area contributed by atoms with E-state index in [-0.39, 0.29) is 0 Å². The van der Waals surface area contributed by atoms with Gasteiger partial charge in [0, 0.05) is 24.7 Å². The highest BCUT2D eigenvalue weighted by molar-refractivity contribution is 7.98. The molecule has 0 atom stereocenters. The lowest BCUT2D eigenvalue weighted by Crippen LogP contribution is -1.95. The molecular formula is C12H13N3S. The van der Waals surface area contributed by atoms with Crippen LogP contribution in [0.15, 0.2) is 47.9 Å². The molecule has 16 heavy (non-hydrogen) atoms. The molecule has 0 aliphatic heterocycles. The van der Waals surface area contributed by atoms with E-state index in [9.17, 15) is 0 Å². The Hall–Kier alpha value is -1.39. The molecule has 3 nitrogen and oxygen atoms in total. The summed E-state index contributed by atoms with van der Waals surface area (Å²) in [5.74, 6) is 0.884. The number of hydrogen-bond donors (Lipinski definition) is 1. The van der Waals surface area contributed by atoms with E-state index >= 15 is 0 Å². The Morgan fingerprint density at radius 1 is 1.00 bits per heavy atom. The first-order valence-corrected chi connectivity index (χ1v) is 6.05. The van der Waals surface area contributed by atoms with E-state index in [0.717, 1.165) is 16.5 Å². The van der Waals surface area contributed by atoms with Gasteiger partial charge < -0.3 is 5.73 Å². The van der Waals surface area contributed by atoms with Crippen LogP contribution in [0.25, 0.3) is 0 Å². The van der Waals surface area contributed by atoms with Gasteiger partial charge in [-0.3, -0.25) is 0 Å². The zero-order valence-corrected chi connectivity index (χ0v) is 9.65. The second-order valence-electron chi connectivity index (χ2n) is 3.34. The van der Waals surface area contributed by atoms with Gasteiger partial charge in [-0.25, -0.2) is 9.97 Å². The normalized spacial score (nSPS) is 10.3. The lowest BCUT2D eigenvalue weighted by molar-refractivity contribution is 0.966. The summed E-state index contributed by atoms with van der Waals surface area (Å²) in [6, 6.07) is 10.1. The van der Waals surface area contributed by atoms with Gasteiger partial charge in [-0.1, -0.05) is 36.0 Å². The first-order valence-electron chi connectivity index (χ1n) is 5.06. The summed E-state index contributed by atoms with van der Waals surface area (Å²) in [6.45, 7) is 0.592. The van der Waals surface area contributed by atoms with Gasteiger partial charge >= 0.3 is 0 Å².